The minimum Gasteiger partial charge on any atom is -0.359 e. The van der Waals surface area contributed by atoms with Crippen LogP contribution in [-0.2, 0) is 11.3 Å². The van der Waals surface area contributed by atoms with Crippen LogP contribution in [0, 0.1) is 0 Å². The number of aryl methyl sites for hydroxylation is 1. The van der Waals surface area contributed by atoms with Gasteiger partial charge in [-0.25, -0.2) is 4.68 Å². The number of nitrogens with zero attached hydrogens (tertiary/aromatic N) is 3. The van der Waals surface area contributed by atoms with Gasteiger partial charge in [0, 0.05) is 25.7 Å². The van der Waals surface area contributed by atoms with E-state index in [1.165, 1.54) is 0 Å². The molecule has 0 amide bonds. The molecule has 2 heterocycles. The van der Waals surface area contributed by atoms with Gasteiger partial charge < -0.3 is 15.4 Å². The summed E-state index contributed by atoms with van der Waals surface area (Å²) >= 11 is 0. The number of aromatic nitrogens is 2. The van der Waals surface area contributed by atoms with E-state index < -0.39 is 0 Å². The summed E-state index contributed by atoms with van der Waals surface area (Å²) in [6, 6.07) is 2.10. The Morgan fingerprint density at radius 2 is 2.50 bits per heavy atom. The third-order valence-corrected chi connectivity index (χ3v) is 2.41. The highest BCUT2D eigenvalue weighted by molar-refractivity contribution is 5.36. The quantitative estimate of drug-likeness (QED) is 0.635. The molecule has 14 heavy (non-hydrogen) atoms. The molecule has 78 valence electrons. The van der Waals surface area contributed by atoms with E-state index in [0.717, 1.165) is 18.8 Å². The summed E-state index contributed by atoms with van der Waals surface area (Å²) in [7, 11) is 1.99. The Kier molecular flexibility index (Phi) is 2.69. The summed E-state index contributed by atoms with van der Waals surface area (Å²) in [6.45, 7) is 2.05. The highest BCUT2D eigenvalue weighted by atomic mass is 16.5. The van der Waals surface area contributed by atoms with E-state index in [9.17, 15) is 0 Å². The molecule has 5 heteroatoms. The third kappa shape index (κ3) is 1.88. The zero-order valence-corrected chi connectivity index (χ0v) is 8.39. The van der Waals surface area contributed by atoms with Crippen LogP contribution in [-0.4, -0.2) is 36.2 Å². The number of anilines is 1. The summed E-state index contributed by atoms with van der Waals surface area (Å²) in [6.07, 6.45) is 2.71. The molecule has 1 atom stereocenters. The lowest BCUT2D eigenvalue weighted by molar-refractivity contribution is 0.123. The number of hydrogen-bond acceptors (Lipinski definition) is 4. The number of fused-ring (bicyclic) bond motifs is 1. The Labute approximate surface area is 83.4 Å². The van der Waals surface area contributed by atoms with Crippen LogP contribution in [0.3, 0.4) is 0 Å². The van der Waals surface area contributed by atoms with E-state index in [1.807, 2.05) is 22.7 Å². The van der Waals surface area contributed by atoms with Crippen molar-refractivity contribution in [2.75, 3.05) is 25.3 Å². The van der Waals surface area contributed by atoms with Crippen molar-refractivity contribution in [3.63, 3.8) is 0 Å². The maximum atomic E-state index is 5.86. The van der Waals surface area contributed by atoms with E-state index in [-0.39, 0.29) is 6.04 Å². The fourth-order valence-electron chi connectivity index (χ4n) is 1.60. The van der Waals surface area contributed by atoms with Gasteiger partial charge in [0.05, 0.1) is 12.8 Å². The summed E-state index contributed by atoms with van der Waals surface area (Å²) in [5, 5.41) is 4.25. The molecule has 0 bridgehead atoms. The van der Waals surface area contributed by atoms with Gasteiger partial charge in [0.15, 0.2) is 0 Å². The van der Waals surface area contributed by atoms with Crippen LogP contribution in [0.1, 0.15) is 6.42 Å². The zero-order chi connectivity index (χ0) is 9.97. The molecule has 0 aliphatic carbocycles. The monoisotopic (exact) mass is 196 g/mol. The van der Waals surface area contributed by atoms with Gasteiger partial charge in [0.2, 0.25) is 0 Å². The smallest absolute Gasteiger partial charge is 0.128 e. The standard InChI is InChI=1S/C9H16N4O/c1-12-7-14-6-8(10)3-5-13-9(12)2-4-11-13/h2,4,8H,3,5-7,10H2,1H3/t8-/m1/s1. The Morgan fingerprint density at radius 3 is 3.36 bits per heavy atom. The predicted octanol–water partition coefficient (Wildman–Crippen LogP) is 0.0244. The molecule has 0 spiro atoms. The molecule has 0 aromatic carbocycles. The van der Waals surface area contributed by atoms with Gasteiger partial charge in [-0.2, -0.15) is 5.10 Å². The van der Waals surface area contributed by atoms with Crippen LogP contribution in [0.5, 0.6) is 0 Å². The SMILES string of the molecule is CN1COC[C@H](N)CCn2nccc21. The molecule has 1 aromatic heterocycles. The van der Waals surface area contributed by atoms with Gasteiger partial charge in [-0.05, 0) is 6.42 Å². The third-order valence-electron chi connectivity index (χ3n) is 2.41. The molecule has 0 saturated heterocycles. The van der Waals surface area contributed by atoms with Gasteiger partial charge in [0.1, 0.15) is 12.5 Å². The van der Waals surface area contributed by atoms with Gasteiger partial charge >= 0.3 is 0 Å². The van der Waals surface area contributed by atoms with E-state index in [4.69, 9.17) is 10.5 Å². The van der Waals surface area contributed by atoms with Crippen LogP contribution in [0.4, 0.5) is 5.82 Å². The molecular formula is C9H16N4O. The van der Waals surface area contributed by atoms with E-state index in [1.54, 1.807) is 6.20 Å². The van der Waals surface area contributed by atoms with Crippen molar-refractivity contribution in [1.82, 2.24) is 9.78 Å². The number of ether oxygens (including phenoxy) is 1. The number of hydrogen-bond donors (Lipinski definition) is 1. The number of nitrogens with two attached hydrogens (primary N) is 1. The normalized spacial score (nSPS) is 23.6. The van der Waals surface area contributed by atoms with Crippen LogP contribution in [0.2, 0.25) is 0 Å². The van der Waals surface area contributed by atoms with Crippen molar-refractivity contribution in [1.29, 1.82) is 0 Å². The minimum atomic E-state index is 0.110. The Hall–Kier alpha value is -1.07. The van der Waals surface area contributed by atoms with Gasteiger partial charge in [-0.1, -0.05) is 0 Å². The average molecular weight is 196 g/mol. The van der Waals surface area contributed by atoms with Gasteiger partial charge in [-0.3, -0.25) is 0 Å². The first kappa shape index (κ1) is 9.48. The molecule has 0 unspecified atom stereocenters. The lowest BCUT2D eigenvalue weighted by Crippen LogP contribution is -2.28. The van der Waals surface area contributed by atoms with Gasteiger partial charge in [0.25, 0.3) is 0 Å². The van der Waals surface area contributed by atoms with Crippen LogP contribution in [0.15, 0.2) is 12.3 Å². The first-order chi connectivity index (χ1) is 6.77. The topological polar surface area (TPSA) is 56.3 Å². The van der Waals surface area contributed by atoms with Gasteiger partial charge in [-0.15, -0.1) is 0 Å². The van der Waals surface area contributed by atoms with Crippen LogP contribution in [0.25, 0.3) is 0 Å². The first-order valence-corrected chi connectivity index (χ1v) is 4.83. The van der Waals surface area contributed by atoms with Crippen molar-refractivity contribution < 1.29 is 4.74 Å². The second-order valence-corrected chi connectivity index (χ2v) is 3.66. The molecule has 2 rings (SSSR count). The molecule has 2 N–H and O–H groups in total. The Balaban J connectivity index is 2.18. The molecule has 0 radical (unpaired) electrons. The molecular weight excluding hydrogens is 180 g/mol. The molecule has 1 aliphatic heterocycles. The minimum absolute atomic E-state index is 0.110. The molecule has 0 saturated carbocycles. The molecule has 1 aromatic rings. The summed E-state index contributed by atoms with van der Waals surface area (Å²) in [5.41, 5.74) is 5.86. The largest absolute Gasteiger partial charge is 0.359 e. The summed E-state index contributed by atoms with van der Waals surface area (Å²) in [4.78, 5) is 2.03. The first-order valence-electron chi connectivity index (χ1n) is 4.83. The maximum Gasteiger partial charge on any atom is 0.128 e. The van der Waals surface area contributed by atoms with Crippen LogP contribution < -0.4 is 10.6 Å². The predicted molar refractivity (Wildman–Crippen MR) is 54.0 cm³/mol. The highest BCUT2D eigenvalue weighted by Gasteiger charge is 2.12. The fourth-order valence-corrected chi connectivity index (χ4v) is 1.60. The molecule has 5 nitrogen and oxygen atoms in total. The highest BCUT2D eigenvalue weighted by Crippen LogP contribution is 2.14. The summed E-state index contributed by atoms with van der Waals surface area (Å²) in [5.74, 6) is 1.08. The fraction of sp³-hybridized carbons (Fsp3) is 0.667. The van der Waals surface area contributed by atoms with E-state index in [0.29, 0.717) is 13.3 Å². The van der Waals surface area contributed by atoms with Crippen molar-refractivity contribution in [2.45, 2.75) is 19.0 Å². The van der Waals surface area contributed by atoms with E-state index in [2.05, 4.69) is 5.10 Å². The van der Waals surface area contributed by atoms with Crippen LogP contribution >= 0.6 is 0 Å². The second kappa shape index (κ2) is 3.98. The lowest BCUT2D eigenvalue weighted by Gasteiger charge is -2.18. The maximum absolute atomic E-state index is 5.86. The van der Waals surface area contributed by atoms with E-state index >= 15 is 0 Å². The molecule has 1 aliphatic rings. The van der Waals surface area contributed by atoms with Crippen molar-refractivity contribution in [3.8, 4) is 0 Å². The lowest BCUT2D eigenvalue weighted by atomic mass is 10.2. The second-order valence-electron chi connectivity index (χ2n) is 3.66. The Morgan fingerprint density at radius 1 is 1.64 bits per heavy atom. The molecule has 0 fully saturated rings. The zero-order valence-electron chi connectivity index (χ0n) is 8.39. The van der Waals surface area contributed by atoms with Crippen molar-refractivity contribution in [3.05, 3.63) is 12.3 Å². The average Bonchev–Trinajstić information content (AvgIpc) is 2.62. The summed E-state index contributed by atoms with van der Waals surface area (Å²) < 4.78 is 7.43. The Bertz CT molecular complexity index is 299. The van der Waals surface area contributed by atoms with Crippen molar-refractivity contribution >= 4 is 5.82 Å². The number of rotatable bonds is 0. The van der Waals surface area contributed by atoms with Crippen molar-refractivity contribution in [2.24, 2.45) is 5.73 Å².